The lowest BCUT2D eigenvalue weighted by Crippen LogP contribution is -2.49. The van der Waals surface area contributed by atoms with Crippen LogP contribution in [0, 0.1) is 0 Å². The Morgan fingerprint density at radius 1 is 1.13 bits per heavy atom. The molecule has 2 aliphatic heterocycles. The third kappa shape index (κ3) is 3.51. The molecule has 0 aliphatic carbocycles. The second-order valence-electron chi connectivity index (χ2n) is 8.26. The van der Waals surface area contributed by atoms with E-state index in [1.165, 1.54) is 0 Å². The van der Waals surface area contributed by atoms with Gasteiger partial charge in [-0.1, -0.05) is 30.3 Å². The van der Waals surface area contributed by atoms with Crippen LogP contribution in [-0.2, 0) is 31.4 Å². The third-order valence-corrected chi connectivity index (χ3v) is 8.13. The zero-order valence-electron chi connectivity index (χ0n) is 17.1. The molecule has 1 amide bonds. The molecule has 0 N–H and O–H groups in total. The average molecular weight is 428 g/mol. The first-order valence-corrected chi connectivity index (χ1v) is 11.7. The number of fused-ring (bicyclic) bond motifs is 2. The molecular formula is C23H25NO5S. The van der Waals surface area contributed by atoms with Crippen molar-refractivity contribution in [2.75, 3.05) is 13.1 Å². The lowest BCUT2D eigenvalue weighted by atomic mass is 9.85. The van der Waals surface area contributed by atoms with E-state index < -0.39 is 20.7 Å². The summed E-state index contributed by atoms with van der Waals surface area (Å²) < 4.78 is 30.3. The molecule has 2 heterocycles. The summed E-state index contributed by atoms with van der Waals surface area (Å²) in [7, 11) is -3.34. The van der Waals surface area contributed by atoms with E-state index in [1.807, 2.05) is 18.2 Å². The second-order valence-corrected chi connectivity index (χ2v) is 10.8. The van der Waals surface area contributed by atoms with E-state index in [1.54, 1.807) is 49.1 Å². The second kappa shape index (κ2) is 7.54. The fourth-order valence-electron chi connectivity index (χ4n) is 4.24. The minimum Gasteiger partial charge on any atom is -0.449 e. The van der Waals surface area contributed by atoms with Gasteiger partial charge in [-0.25, -0.2) is 13.2 Å². The van der Waals surface area contributed by atoms with Crippen molar-refractivity contribution in [3.05, 3.63) is 65.2 Å². The van der Waals surface area contributed by atoms with Crippen LogP contribution in [0.5, 0.6) is 0 Å². The van der Waals surface area contributed by atoms with Gasteiger partial charge in [0.2, 0.25) is 5.91 Å². The fourth-order valence-corrected chi connectivity index (χ4v) is 5.30. The number of sulfone groups is 1. The first-order valence-electron chi connectivity index (χ1n) is 10.2. The number of rotatable bonds is 4. The van der Waals surface area contributed by atoms with Crippen LogP contribution in [0.1, 0.15) is 48.2 Å². The number of hydrogen-bond donors (Lipinski definition) is 0. The van der Waals surface area contributed by atoms with Crippen LogP contribution >= 0.6 is 0 Å². The van der Waals surface area contributed by atoms with Crippen LogP contribution in [0.2, 0.25) is 0 Å². The van der Waals surface area contributed by atoms with E-state index in [4.69, 9.17) is 4.74 Å². The molecular weight excluding hydrogens is 402 g/mol. The van der Waals surface area contributed by atoms with Crippen molar-refractivity contribution >= 4 is 21.7 Å². The van der Waals surface area contributed by atoms with E-state index in [-0.39, 0.29) is 23.2 Å². The van der Waals surface area contributed by atoms with Gasteiger partial charge in [0.05, 0.1) is 28.7 Å². The van der Waals surface area contributed by atoms with E-state index in [0.29, 0.717) is 25.1 Å². The van der Waals surface area contributed by atoms with Crippen LogP contribution in [0.25, 0.3) is 0 Å². The lowest BCUT2D eigenvalue weighted by Gasteiger charge is -2.39. The number of carbonyl (C=O) groups is 2. The molecule has 158 valence electrons. The highest BCUT2D eigenvalue weighted by atomic mass is 32.2. The number of benzene rings is 2. The summed E-state index contributed by atoms with van der Waals surface area (Å²) in [5.41, 5.74) is 1.42. The molecule has 2 aromatic carbocycles. The number of piperidine rings is 1. The van der Waals surface area contributed by atoms with Gasteiger partial charge in [0.15, 0.2) is 15.4 Å². The molecule has 4 rings (SSSR count). The molecule has 2 aliphatic rings. The smallest absolute Gasteiger partial charge is 0.339 e. The number of esters is 1. The molecule has 1 fully saturated rings. The van der Waals surface area contributed by atoms with Crippen LogP contribution in [0.3, 0.4) is 0 Å². The molecule has 0 bridgehead atoms. The maximum Gasteiger partial charge on any atom is 0.339 e. The molecule has 1 spiro atoms. The van der Waals surface area contributed by atoms with Crippen molar-refractivity contribution in [1.82, 2.24) is 4.90 Å². The predicted octanol–water partition coefficient (Wildman–Crippen LogP) is 3.10. The number of hydrogen-bond acceptors (Lipinski definition) is 5. The molecule has 6 nitrogen and oxygen atoms in total. The zero-order valence-corrected chi connectivity index (χ0v) is 17.9. The normalized spacial score (nSPS) is 21.0. The Morgan fingerprint density at radius 2 is 1.83 bits per heavy atom. The average Bonchev–Trinajstić information content (AvgIpc) is 3.00. The Hall–Kier alpha value is -2.67. The highest BCUT2D eigenvalue weighted by molar-refractivity contribution is 7.92. The van der Waals surface area contributed by atoms with Crippen molar-refractivity contribution in [1.29, 1.82) is 0 Å². The summed E-state index contributed by atoms with van der Waals surface area (Å²) in [6, 6.07) is 13.9. The maximum atomic E-state index is 13.0. The molecule has 7 heteroatoms. The Bertz CT molecular complexity index is 1090. The highest BCUT2D eigenvalue weighted by Crippen LogP contribution is 2.42. The third-order valence-electron chi connectivity index (χ3n) is 5.96. The minimum absolute atomic E-state index is 0.0611. The quantitative estimate of drug-likeness (QED) is 0.701. The fraction of sp³-hybridized carbons (Fsp3) is 0.391. The van der Waals surface area contributed by atoms with E-state index in [9.17, 15) is 18.0 Å². The molecule has 1 saturated heterocycles. The van der Waals surface area contributed by atoms with Gasteiger partial charge in [-0.3, -0.25) is 4.79 Å². The zero-order chi connectivity index (χ0) is 21.5. The van der Waals surface area contributed by atoms with Gasteiger partial charge in [0.1, 0.15) is 0 Å². The number of nitrogens with zero attached hydrogens (tertiary/aromatic N) is 1. The highest BCUT2D eigenvalue weighted by Gasteiger charge is 2.48. The monoisotopic (exact) mass is 427 g/mol. The minimum atomic E-state index is -3.34. The first kappa shape index (κ1) is 20.6. The molecule has 1 atom stereocenters. The lowest BCUT2D eigenvalue weighted by molar-refractivity contribution is -0.138. The SMILES string of the molecule is CC(C)S(=O)(=O)c1ccc(CC(=O)N2CCCC3(C2)OC(=O)c2ccccc23)cc1. The Labute approximate surface area is 176 Å². The molecule has 0 radical (unpaired) electrons. The van der Waals surface area contributed by atoms with Crippen molar-refractivity contribution < 1.29 is 22.7 Å². The predicted molar refractivity (Wildman–Crippen MR) is 112 cm³/mol. The van der Waals surface area contributed by atoms with Crippen LogP contribution in [-0.4, -0.2) is 43.5 Å². The summed E-state index contributed by atoms with van der Waals surface area (Å²) >= 11 is 0. The van der Waals surface area contributed by atoms with Gasteiger partial charge in [-0.15, -0.1) is 0 Å². The van der Waals surface area contributed by atoms with E-state index in [2.05, 4.69) is 0 Å². The van der Waals surface area contributed by atoms with Gasteiger partial charge < -0.3 is 9.64 Å². The van der Waals surface area contributed by atoms with Gasteiger partial charge in [-0.2, -0.15) is 0 Å². The number of ether oxygens (including phenoxy) is 1. The van der Waals surface area contributed by atoms with Crippen LogP contribution < -0.4 is 0 Å². The molecule has 1 unspecified atom stereocenters. The molecule has 0 aromatic heterocycles. The van der Waals surface area contributed by atoms with E-state index in [0.717, 1.165) is 17.5 Å². The first-order chi connectivity index (χ1) is 14.2. The molecule has 0 saturated carbocycles. The standard InChI is InChI=1S/C23H25NO5S/c1-16(2)30(27,28)18-10-8-17(9-11-18)14-21(25)24-13-5-12-23(15-24)20-7-4-3-6-19(20)22(26)29-23/h3-4,6-11,16H,5,12-15H2,1-2H3. The number of carbonyl (C=O) groups excluding carboxylic acids is 2. The Kier molecular flexibility index (Phi) is 5.18. The Morgan fingerprint density at radius 3 is 2.53 bits per heavy atom. The maximum absolute atomic E-state index is 13.0. The molecule has 30 heavy (non-hydrogen) atoms. The molecule has 2 aromatic rings. The largest absolute Gasteiger partial charge is 0.449 e. The summed E-state index contributed by atoms with van der Waals surface area (Å²) in [6.07, 6.45) is 1.62. The summed E-state index contributed by atoms with van der Waals surface area (Å²) in [6.45, 7) is 4.24. The van der Waals surface area contributed by atoms with Crippen LogP contribution in [0.4, 0.5) is 0 Å². The van der Waals surface area contributed by atoms with Gasteiger partial charge in [0.25, 0.3) is 0 Å². The van der Waals surface area contributed by atoms with Crippen molar-refractivity contribution in [3.8, 4) is 0 Å². The topological polar surface area (TPSA) is 80.8 Å². The van der Waals surface area contributed by atoms with Crippen molar-refractivity contribution in [3.63, 3.8) is 0 Å². The van der Waals surface area contributed by atoms with Gasteiger partial charge >= 0.3 is 5.97 Å². The summed E-state index contributed by atoms with van der Waals surface area (Å²) in [4.78, 5) is 27.3. The summed E-state index contributed by atoms with van der Waals surface area (Å²) in [5, 5.41) is -0.494. The number of amides is 1. The Balaban J connectivity index is 1.49. The van der Waals surface area contributed by atoms with E-state index >= 15 is 0 Å². The number of likely N-dealkylation sites (tertiary alicyclic amines) is 1. The van der Waals surface area contributed by atoms with Gasteiger partial charge in [0, 0.05) is 12.1 Å². The summed E-state index contributed by atoms with van der Waals surface area (Å²) in [5.74, 6) is -0.393. The van der Waals surface area contributed by atoms with Crippen LogP contribution in [0.15, 0.2) is 53.4 Å². The van der Waals surface area contributed by atoms with Crippen molar-refractivity contribution in [2.24, 2.45) is 0 Å². The van der Waals surface area contributed by atoms with Gasteiger partial charge in [-0.05, 0) is 50.5 Å². The van der Waals surface area contributed by atoms with Crippen molar-refractivity contribution in [2.45, 2.75) is 48.9 Å².